The van der Waals surface area contributed by atoms with E-state index in [-0.39, 0.29) is 11.1 Å². The quantitative estimate of drug-likeness (QED) is 0.636. The van der Waals surface area contributed by atoms with Crippen molar-refractivity contribution in [2.45, 2.75) is 37.8 Å². The maximum atomic E-state index is 5.66. The molecule has 0 aromatic heterocycles. The molecule has 3 aliphatic rings. The van der Waals surface area contributed by atoms with E-state index in [2.05, 4.69) is 24.1 Å². The Labute approximate surface area is 79.5 Å². The topological polar surface area (TPSA) is 33.3 Å². The van der Waals surface area contributed by atoms with E-state index in [1.54, 1.807) is 0 Å². The number of hydrogen-bond acceptors (Lipinski definition) is 3. The lowest BCUT2D eigenvalue weighted by Gasteiger charge is -2.43. The number of rotatable bonds is 4. The van der Waals surface area contributed by atoms with E-state index in [1.165, 1.54) is 0 Å². The van der Waals surface area contributed by atoms with Crippen LogP contribution < -0.4 is 10.6 Å². The van der Waals surface area contributed by atoms with Gasteiger partial charge in [-0.25, -0.2) is 0 Å². The molecule has 0 amide bonds. The van der Waals surface area contributed by atoms with Crippen molar-refractivity contribution in [3.8, 4) is 0 Å². The Bertz CT molecular complexity index is 231. The zero-order valence-electron chi connectivity index (χ0n) is 8.44. The van der Waals surface area contributed by atoms with Gasteiger partial charge in [-0.2, -0.15) is 0 Å². The number of hydrogen-bond donors (Lipinski definition) is 2. The van der Waals surface area contributed by atoms with Crippen LogP contribution in [0, 0.1) is 0 Å². The van der Waals surface area contributed by atoms with Gasteiger partial charge in [-0.05, 0) is 26.7 Å². The van der Waals surface area contributed by atoms with Crippen LogP contribution in [0.5, 0.6) is 0 Å². The van der Waals surface area contributed by atoms with E-state index in [0.29, 0.717) is 0 Å². The van der Waals surface area contributed by atoms with Gasteiger partial charge >= 0.3 is 0 Å². The second-order valence-electron chi connectivity index (χ2n) is 4.68. The van der Waals surface area contributed by atoms with Crippen LogP contribution in [0.2, 0.25) is 0 Å². The molecule has 0 spiro atoms. The number of fused-ring (bicyclic) bond motifs is 1. The summed E-state index contributed by atoms with van der Waals surface area (Å²) in [7, 11) is 0. The highest BCUT2D eigenvalue weighted by Gasteiger charge is 2.59. The first kappa shape index (κ1) is 9.03. The maximum absolute atomic E-state index is 5.66. The molecule has 3 fully saturated rings. The summed E-state index contributed by atoms with van der Waals surface area (Å²) >= 11 is 0. The fourth-order valence-corrected chi connectivity index (χ4v) is 2.45. The van der Waals surface area contributed by atoms with Crippen LogP contribution in [0.3, 0.4) is 0 Å². The second-order valence-corrected chi connectivity index (χ2v) is 4.68. The predicted octanol–water partition coefficient (Wildman–Crippen LogP) is 0.978. The molecule has 0 aromatic rings. The Kier molecular flexibility index (Phi) is 1.89. The monoisotopic (exact) mass is 182 g/mol. The largest absolute Gasteiger partial charge is 0.376 e. The lowest BCUT2D eigenvalue weighted by atomic mass is 9.69. The fraction of sp³-hybridized carbons (Fsp3) is 0.800. The standard InChI is InChI=1S/C10H18N2O/c1-8(2)11-7-12-10-4-9(3,5-10)13-6-10/h11-12H,1,4-7H2,2-3H3. The Morgan fingerprint density at radius 3 is 2.69 bits per heavy atom. The van der Waals surface area contributed by atoms with Crippen LogP contribution in [0.15, 0.2) is 12.3 Å². The molecule has 3 rings (SSSR count). The zero-order valence-corrected chi connectivity index (χ0v) is 8.44. The average molecular weight is 182 g/mol. The van der Waals surface area contributed by atoms with Crippen molar-refractivity contribution in [1.82, 2.24) is 10.6 Å². The minimum absolute atomic E-state index is 0.177. The number of allylic oxidation sites excluding steroid dienone is 1. The summed E-state index contributed by atoms with van der Waals surface area (Å²) in [6, 6.07) is 0. The zero-order chi connectivity index (χ0) is 9.53. The Balaban J connectivity index is 1.75. The molecule has 2 N–H and O–H groups in total. The summed E-state index contributed by atoms with van der Waals surface area (Å²) in [5.74, 6) is 0. The first-order valence-corrected chi connectivity index (χ1v) is 4.82. The molecule has 2 bridgehead atoms. The summed E-state index contributed by atoms with van der Waals surface area (Å²) in [4.78, 5) is 0. The normalized spacial score (nSPS) is 41.4. The summed E-state index contributed by atoms with van der Waals surface area (Å²) in [5.41, 5.74) is 1.44. The molecule has 0 atom stereocenters. The van der Waals surface area contributed by atoms with Crippen molar-refractivity contribution in [1.29, 1.82) is 0 Å². The molecule has 3 nitrogen and oxygen atoms in total. The van der Waals surface area contributed by atoms with E-state index in [4.69, 9.17) is 4.74 Å². The Morgan fingerprint density at radius 1 is 1.54 bits per heavy atom. The first-order valence-electron chi connectivity index (χ1n) is 4.82. The molecule has 74 valence electrons. The van der Waals surface area contributed by atoms with Crippen molar-refractivity contribution < 1.29 is 4.74 Å². The van der Waals surface area contributed by atoms with Crippen molar-refractivity contribution >= 4 is 0 Å². The lowest BCUT2D eigenvalue weighted by Crippen LogP contribution is -2.58. The molecule has 3 heteroatoms. The van der Waals surface area contributed by atoms with Gasteiger partial charge in [-0.3, -0.25) is 5.32 Å². The van der Waals surface area contributed by atoms with Crippen LogP contribution in [-0.2, 0) is 4.74 Å². The predicted molar refractivity (Wildman–Crippen MR) is 52.3 cm³/mol. The van der Waals surface area contributed by atoms with Gasteiger partial charge in [-0.15, -0.1) is 0 Å². The maximum Gasteiger partial charge on any atom is 0.0692 e. The molecule has 0 radical (unpaired) electrons. The lowest BCUT2D eigenvalue weighted by molar-refractivity contribution is 0.0123. The van der Waals surface area contributed by atoms with E-state index < -0.39 is 0 Å². The first-order chi connectivity index (χ1) is 6.04. The van der Waals surface area contributed by atoms with E-state index >= 15 is 0 Å². The summed E-state index contributed by atoms with van der Waals surface area (Å²) in [6.07, 6.45) is 2.30. The van der Waals surface area contributed by atoms with Crippen LogP contribution in [-0.4, -0.2) is 24.4 Å². The van der Waals surface area contributed by atoms with Crippen LogP contribution >= 0.6 is 0 Å². The summed E-state index contributed by atoms with van der Waals surface area (Å²) < 4.78 is 5.66. The van der Waals surface area contributed by atoms with E-state index in [1.807, 2.05) is 6.92 Å². The third kappa shape index (κ3) is 1.58. The molecule has 2 saturated heterocycles. The molecule has 1 saturated carbocycles. The third-order valence-electron chi connectivity index (χ3n) is 2.98. The third-order valence-corrected chi connectivity index (χ3v) is 2.98. The molecule has 0 aromatic carbocycles. The molecule has 13 heavy (non-hydrogen) atoms. The molecule has 0 unspecified atom stereocenters. The minimum atomic E-state index is 0.177. The highest BCUT2D eigenvalue weighted by atomic mass is 16.5. The van der Waals surface area contributed by atoms with Gasteiger partial charge < -0.3 is 10.1 Å². The minimum Gasteiger partial charge on any atom is -0.376 e. The van der Waals surface area contributed by atoms with Gasteiger partial charge in [0.1, 0.15) is 0 Å². The Morgan fingerprint density at radius 2 is 2.23 bits per heavy atom. The van der Waals surface area contributed by atoms with Gasteiger partial charge in [0.2, 0.25) is 0 Å². The number of ether oxygens (including phenoxy) is 1. The second kappa shape index (κ2) is 2.72. The highest BCUT2D eigenvalue weighted by Crippen LogP contribution is 2.50. The molecule has 1 aliphatic carbocycles. The van der Waals surface area contributed by atoms with E-state index in [0.717, 1.165) is 31.8 Å². The van der Waals surface area contributed by atoms with Crippen molar-refractivity contribution in [2.24, 2.45) is 0 Å². The molecule has 2 heterocycles. The van der Waals surface area contributed by atoms with Crippen LogP contribution in [0.4, 0.5) is 0 Å². The van der Waals surface area contributed by atoms with Gasteiger partial charge in [0.15, 0.2) is 0 Å². The molecule has 2 aliphatic heterocycles. The smallest absolute Gasteiger partial charge is 0.0692 e. The van der Waals surface area contributed by atoms with Crippen molar-refractivity contribution in [3.05, 3.63) is 12.3 Å². The van der Waals surface area contributed by atoms with E-state index in [9.17, 15) is 0 Å². The Hall–Kier alpha value is -0.540. The van der Waals surface area contributed by atoms with Crippen molar-refractivity contribution in [2.75, 3.05) is 13.3 Å². The molecular weight excluding hydrogens is 164 g/mol. The van der Waals surface area contributed by atoms with Crippen LogP contribution in [0.25, 0.3) is 0 Å². The number of nitrogens with one attached hydrogen (secondary N) is 2. The van der Waals surface area contributed by atoms with Gasteiger partial charge in [0, 0.05) is 11.2 Å². The SMILES string of the molecule is C=C(C)NCNC12COC(C)(C1)C2. The average Bonchev–Trinajstić information content (AvgIpc) is 2.40. The highest BCUT2D eigenvalue weighted by molar-refractivity contribution is 5.14. The van der Waals surface area contributed by atoms with Gasteiger partial charge in [0.05, 0.1) is 18.9 Å². The van der Waals surface area contributed by atoms with Gasteiger partial charge in [0.25, 0.3) is 0 Å². The van der Waals surface area contributed by atoms with Gasteiger partial charge in [-0.1, -0.05) is 6.58 Å². The summed E-state index contributed by atoms with van der Waals surface area (Å²) in [5, 5.41) is 6.66. The van der Waals surface area contributed by atoms with Crippen molar-refractivity contribution in [3.63, 3.8) is 0 Å². The summed E-state index contributed by atoms with van der Waals surface area (Å²) in [6.45, 7) is 9.60. The fourth-order valence-electron chi connectivity index (χ4n) is 2.45. The molecular formula is C10H18N2O. The van der Waals surface area contributed by atoms with Crippen LogP contribution in [0.1, 0.15) is 26.7 Å².